The number of carbonyl (C=O) groups is 1. The molecule has 2 rings (SSSR count). The van der Waals surface area contributed by atoms with E-state index in [0.29, 0.717) is 18.0 Å². The van der Waals surface area contributed by atoms with Crippen LogP contribution in [0.25, 0.3) is 0 Å². The molecule has 0 aliphatic heterocycles. The monoisotopic (exact) mass is 420 g/mol. The second kappa shape index (κ2) is 9.28. The lowest BCUT2D eigenvalue weighted by molar-refractivity contribution is 0.00693. The minimum atomic E-state index is -4.18. The summed E-state index contributed by atoms with van der Waals surface area (Å²) >= 11 is 0. The Kier molecular flexibility index (Phi) is 7.26. The van der Waals surface area contributed by atoms with Gasteiger partial charge in [-0.05, 0) is 51.5 Å². The van der Waals surface area contributed by atoms with Crippen molar-refractivity contribution in [1.29, 1.82) is 0 Å². The first-order valence-corrected chi connectivity index (χ1v) is 11.0. The highest BCUT2D eigenvalue weighted by atomic mass is 32.2. The van der Waals surface area contributed by atoms with E-state index in [-0.39, 0.29) is 16.2 Å². The van der Waals surface area contributed by atoms with Crippen LogP contribution in [0.4, 0.5) is 5.69 Å². The first-order chi connectivity index (χ1) is 13.5. The molecule has 3 N–H and O–H groups in total. The van der Waals surface area contributed by atoms with E-state index >= 15 is 0 Å². The average Bonchev–Trinajstić information content (AvgIpc) is 2.61. The van der Waals surface area contributed by atoms with E-state index < -0.39 is 21.6 Å². The largest absolute Gasteiger partial charge is 0.456 e. The molecule has 0 aliphatic rings. The zero-order valence-electron chi connectivity index (χ0n) is 17.2. The van der Waals surface area contributed by atoms with E-state index in [1.54, 1.807) is 45.0 Å². The average molecular weight is 421 g/mol. The molecule has 158 valence electrons. The fraction of sp³-hybridized carbons (Fsp3) is 0.381. The molecule has 29 heavy (non-hydrogen) atoms. The molecule has 7 nitrogen and oxygen atoms in total. The summed E-state index contributed by atoms with van der Waals surface area (Å²) in [4.78, 5) is 12.3. The highest BCUT2D eigenvalue weighted by molar-refractivity contribution is 7.89. The standard InChI is InChI=1S/C21H28N2O5S/c1-5-6-12-23-17-13-15(20(24)28-21(2,3)4)14-18(29(22,25)26)19(17)27-16-10-8-7-9-11-16/h7-11,13-14,23H,5-6,12H2,1-4H3,(H2,22,25,26). The summed E-state index contributed by atoms with van der Waals surface area (Å²) in [5, 5.41) is 8.60. The number of unbranched alkanes of at least 4 members (excludes halogenated alkanes) is 1. The van der Waals surface area contributed by atoms with Crippen LogP contribution in [0.5, 0.6) is 11.5 Å². The maximum Gasteiger partial charge on any atom is 0.338 e. The molecule has 0 radical (unpaired) electrons. The predicted octanol–water partition coefficient (Wildman–Crippen LogP) is 4.29. The number of sulfonamides is 1. The van der Waals surface area contributed by atoms with Crippen molar-refractivity contribution in [1.82, 2.24) is 0 Å². The first-order valence-electron chi connectivity index (χ1n) is 9.42. The quantitative estimate of drug-likeness (QED) is 0.487. The van der Waals surface area contributed by atoms with Crippen molar-refractivity contribution in [2.75, 3.05) is 11.9 Å². The van der Waals surface area contributed by atoms with Gasteiger partial charge >= 0.3 is 5.97 Å². The molecule has 8 heteroatoms. The van der Waals surface area contributed by atoms with Crippen LogP contribution < -0.4 is 15.2 Å². The number of esters is 1. The van der Waals surface area contributed by atoms with Crippen LogP contribution >= 0.6 is 0 Å². The highest BCUT2D eigenvalue weighted by Gasteiger charge is 2.26. The Labute approximate surface area is 172 Å². The summed E-state index contributed by atoms with van der Waals surface area (Å²) in [6.45, 7) is 7.82. The zero-order valence-corrected chi connectivity index (χ0v) is 18.0. The molecule has 0 aliphatic carbocycles. The normalized spacial score (nSPS) is 11.8. The number of benzene rings is 2. The van der Waals surface area contributed by atoms with Crippen molar-refractivity contribution in [3.8, 4) is 11.5 Å². The first kappa shape index (κ1) is 22.7. The molecule has 0 atom stereocenters. The number of anilines is 1. The third-order valence-electron chi connectivity index (χ3n) is 3.80. The summed E-state index contributed by atoms with van der Waals surface area (Å²) in [5.41, 5.74) is -0.300. The highest BCUT2D eigenvalue weighted by Crippen LogP contribution is 2.37. The van der Waals surface area contributed by atoms with E-state index in [1.807, 2.05) is 13.0 Å². The van der Waals surface area contributed by atoms with Gasteiger partial charge in [0.15, 0.2) is 5.75 Å². The second-order valence-corrected chi connectivity index (χ2v) is 9.12. The van der Waals surface area contributed by atoms with Crippen LogP contribution in [0.3, 0.4) is 0 Å². The Morgan fingerprint density at radius 2 is 1.79 bits per heavy atom. The van der Waals surface area contributed by atoms with Gasteiger partial charge in [-0.15, -0.1) is 0 Å². The third-order valence-corrected chi connectivity index (χ3v) is 4.72. The lowest BCUT2D eigenvalue weighted by Gasteiger charge is -2.21. The van der Waals surface area contributed by atoms with Gasteiger partial charge in [0.25, 0.3) is 0 Å². The van der Waals surface area contributed by atoms with Gasteiger partial charge in [-0.2, -0.15) is 0 Å². The topological polar surface area (TPSA) is 108 Å². The molecule has 0 spiro atoms. The fourth-order valence-corrected chi connectivity index (χ4v) is 3.21. The number of primary sulfonamides is 1. The predicted molar refractivity (Wildman–Crippen MR) is 113 cm³/mol. The number of carbonyl (C=O) groups excluding carboxylic acids is 1. The van der Waals surface area contributed by atoms with E-state index in [0.717, 1.165) is 12.8 Å². The molecule has 0 bridgehead atoms. The van der Waals surface area contributed by atoms with Crippen LogP contribution in [0.15, 0.2) is 47.4 Å². The number of ether oxygens (including phenoxy) is 2. The number of nitrogens with one attached hydrogen (secondary N) is 1. The van der Waals surface area contributed by atoms with E-state index in [9.17, 15) is 13.2 Å². The Bertz CT molecular complexity index is 951. The van der Waals surface area contributed by atoms with Crippen LogP contribution in [0.2, 0.25) is 0 Å². The molecule has 0 saturated heterocycles. The van der Waals surface area contributed by atoms with E-state index in [2.05, 4.69) is 5.32 Å². The van der Waals surface area contributed by atoms with Crippen LogP contribution in [-0.4, -0.2) is 26.5 Å². The molecule has 0 amide bonds. The van der Waals surface area contributed by atoms with Gasteiger partial charge in [0.1, 0.15) is 16.2 Å². The lowest BCUT2D eigenvalue weighted by Crippen LogP contribution is -2.24. The Hall–Kier alpha value is -2.58. The third kappa shape index (κ3) is 6.76. The molecule has 0 saturated carbocycles. The molecular weight excluding hydrogens is 392 g/mol. The smallest absolute Gasteiger partial charge is 0.338 e. The van der Waals surface area contributed by atoms with Crippen LogP contribution in [0.1, 0.15) is 50.9 Å². The number of para-hydroxylation sites is 1. The van der Waals surface area contributed by atoms with E-state index in [1.165, 1.54) is 12.1 Å². The Balaban J connectivity index is 2.60. The van der Waals surface area contributed by atoms with Crippen molar-refractivity contribution in [2.24, 2.45) is 5.14 Å². The molecule has 2 aromatic carbocycles. The molecule has 0 aromatic heterocycles. The zero-order chi connectivity index (χ0) is 21.7. The minimum Gasteiger partial charge on any atom is -0.456 e. The number of rotatable bonds is 8. The van der Waals surface area contributed by atoms with Gasteiger partial charge in [0.2, 0.25) is 10.0 Å². The van der Waals surface area contributed by atoms with Crippen molar-refractivity contribution >= 4 is 21.7 Å². The van der Waals surface area contributed by atoms with Gasteiger partial charge in [0, 0.05) is 6.54 Å². The second-order valence-electron chi connectivity index (χ2n) is 7.59. The molecular formula is C21H28N2O5S. The van der Waals surface area contributed by atoms with Crippen molar-refractivity contribution in [2.45, 2.75) is 51.0 Å². The van der Waals surface area contributed by atoms with Gasteiger partial charge < -0.3 is 14.8 Å². The number of nitrogens with two attached hydrogens (primary N) is 1. The van der Waals surface area contributed by atoms with Crippen molar-refractivity contribution < 1.29 is 22.7 Å². The number of hydrogen-bond acceptors (Lipinski definition) is 6. The summed E-state index contributed by atoms with van der Waals surface area (Å²) in [5.74, 6) is -0.157. The molecule has 2 aromatic rings. The minimum absolute atomic E-state index is 0.0436. The summed E-state index contributed by atoms with van der Waals surface area (Å²) in [7, 11) is -4.18. The Morgan fingerprint density at radius 1 is 1.14 bits per heavy atom. The molecule has 0 unspecified atom stereocenters. The van der Waals surface area contributed by atoms with Gasteiger partial charge in [-0.1, -0.05) is 31.5 Å². The van der Waals surface area contributed by atoms with E-state index in [4.69, 9.17) is 14.6 Å². The maximum absolute atomic E-state index is 12.6. The molecule has 0 fully saturated rings. The van der Waals surface area contributed by atoms with Gasteiger partial charge in [-0.3, -0.25) is 0 Å². The molecule has 0 heterocycles. The van der Waals surface area contributed by atoms with Crippen LogP contribution in [-0.2, 0) is 14.8 Å². The Morgan fingerprint density at radius 3 is 2.34 bits per heavy atom. The SMILES string of the molecule is CCCCNc1cc(C(=O)OC(C)(C)C)cc(S(N)(=O)=O)c1Oc1ccccc1. The summed E-state index contributed by atoms with van der Waals surface area (Å²) < 4.78 is 35.9. The van der Waals surface area contributed by atoms with Crippen molar-refractivity contribution in [3.05, 3.63) is 48.0 Å². The van der Waals surface area contributed by atoms with Gasteiger partial charge in [0.05, 0.1) is 11.3 Å². The fourth-order valence-electron chi connectivity index (χ4n) is 2.51. The number of hydrogen-bond donors (Lipinski definition) is 2. The maximum atomic E-state index is 12.6. The van der Waals surface area contributed by atoms with Crippen molar-refractivity contribution in [3.63, 3.8) is 0 Å². The lowest BCUT2D eigenvalue weighted by atomic mass is 10.1. The van der Waals surface area contributed by atoms with Crippen LogP contribution in [0, 0.1) is 0 Å². The summed E-state index contributed by atoms with van der Waals surface area (Å²) in [6.07, 6.45) is 1.79. The van der Waals surface area contributed by atoms with Gasteiger partial charge in [-0.25, -0.2) is 18.4 Å². The summed E-state index contributed by atoms with van der Waals surface area (Å²) in [6, 6.07) is 11.5.